The predicted molar refractivity (Wildman–Crippen MR) is 164 cm³/mol. The number of benzene rings is 4. The van der Waals surface area contributed by atoms with E-state index in [1.807, 2.05) is 0 Å². The zero-order valence-electron chi connectivity index (χ0n) is 24.5. The van der Waals surface area contributed by atoms with Crippen LogP contribution in [0, 0.1) is 23.3 Å². The van der Waals surface area contributed by atoms with Gasteiger partial charge in [0.25, 0.3) is 0 Å². The van der Waals surface area contributed by atoms with E-state index in [9.17, 15) is 50.1 Å². The van der Waals surface area contributed by atoms with Crippen molar-refractivity contribution in [1.82, 2.24) is 0 Å². The third-order valence-electron chi connectivity index (χ3n) is 6.74. The number of carbonyl (C=O) groups excluding carboxylic acids is 1. The maximum absolute atomic E-state index is 13.8. The molecule has 5 nitrogen and oxygen atoms in total. The van der Waals surface area contributed by atoms with Crippen molar-refractivity contribution in [2.75, 3.05) is 11.5 Å². The van der Waals surface area contributed by atoms with Gasteiger partial charge in [-0.3, -0.25) is 4.79 Å². The summed E-state index contributed by atoms with van der Waals surface area (Å²) in [4.78, 5) is 12.0. The molecule has 0 aromatic heterocycles. The van der Waals surface area contributed by atoms with Gasteiger partial charge in [-0.1, -0.05) is 24.3 Å². The average Bonchev–Trinajstić information content (AvgIpc) is 3.03. The van der Waals surface area contributed by atoms with E-state index in [1.165, 1.54) is 72.1 Å². The number of thioether (sulfide) groups is 2. The number of Topliss-reactive ketones (excluding diaryl/α,β-unsaturated/α-hetero) is 1. The Labute approximate surface area is 277 Å². The van der Waals surface area contributed by atoms with Crippen LogP contribution in [0.25, 0.3) is 0 Å². The average molecular weight is 719 g/mol. The Hall–Kier alpha value is -3.79. The number of ether oxygens (including phenoxy) is 2. The zero-order valence-corrected chi connectivity index (χ0v) is 26.1. The Balaban J connectivity index is 0.000000220. The summed E-state index contributed by atoms with van der Waals surface area (Å²) in [6, 6.07) is 15.9. The number of aliphatic hydroxyl groups excluding tert-OH is 2. The van der Waals surface area contributed by atoms with Gasteiger partial charge < -0.3 is 19.7 Å². The van der Waals surface area contributed by atoms with Gasteiger partial charge in [-0.05, 0) is 83.1 Å². The van der Waals surface area contributed by atoms with Crippen LogP contribution in [0.2, 0.25) is 0 Å². The molecule has 2 unspecified atom stereocenters. The van der Waals surface area contributed by atoms with Gasteiger partial charge in [0.15, 0.2) is 5.78 Å². The molecule has 0 saturated carbocycles. The number of carbonyl (C=O) groups is 1. The van der Waals surface area contributed by atoms with E-state index >= 15 is 0 Å². The summed E-state index contributed by atoms with van der Waals surface area (Å²) < 4.78 is 110. The van der Waals surface area contributed by atoms with Crippen LogP contribution >= 0.6 is 23.5 Å². The molecule has 48 heavy (non-hydrogen) atoms. The molecule has 1 heterocycles. The lowest BCUT2D eigenvalue weighted by molar-refractivity contribution is -0.0506. The van der Waals surface area contributed by atoms with Crippen LogP contribution in [0.1, 0.15) is 45.7 Å². The molecular formula is C33H26F8O5S2. The van der Waals surface area contributed by atoms with Crippen molar-refractivity contribution >= 4 is 29.3 Å². The lowest BCUT2D eigenvalue weighted by Crippen LogP contribution is -2.31. The summed E-state index contributed by atoms with van der Waals surface area (Å²) in [6.45, 7) is -6.03. The number of alkyl halides is 4. The molecule has 0 aliphatic carbocycles. The summed E-state index contributed by atoms with van der Waals surface area (Å²) in [6.07, 6.45) is -2.03. The molecule has 1 aliphatic heterocycles. The highest BCUT2D eigenvalue weighted by molar-refractivity contribution is 8.18. The number of aliphatic hydroxyl groups is 2. The zero-order chi connectivity index (χ0) is 35.0. The Bertz CT molecular complexity index is 1660. The summed E-state index contributed by atoms with van der Waals surface area (Å²) in [5.41, 5.74) is 0.255. The van der Waals surface area contributed by atoms with E-state index in [-0.39, 0.29) is 22.6 Å². The largest absolute Gasteiger partial charge is 0.435 e. The minimum Gasteiger partial charge on any atom is -0.435 e. The fourth-order valence-corrected chi connectivity index (χ4v) is 8.09. The van der Waals surface area contributed by atoms with Crippen molar-refractivity contribution in [2.24, 2.45) is 0 Å². The van der Waals surface area contributed by atoms with Crippen molar-refractivity contribution in [3.63, 3.8) is 0 Å². The Kier molecular flexibility index (Phi) is 12.8. The fourth-order valence-electron chi connectivity index (χ4n) is 4.73. The molecule has 2 N–H and O–H groups in total. The standard InChI is InChI=1S/C18H16F4O2S2.C15H10F4O3/c19-13-8-12(9-14(20)10-13)18(25-5-2-6-26-18)16(23)11-3-1-4-15(7-11)24-17(21)22;16-10-4-9(5-11(17)7-10)14(21)13(20)8-2-1-3-12(6-8)22-15(18)19/h1,3-4,7-10,16-17,23H,2,5-6H2;1-7,13,15,20H. The molecular weight excluding hydrogens is 692 g/mol. The Morgan fingerprint density at radius 2 is 1.12 bits per heavy atom. The van der Waals surface area contributed by atoms with Gasteiger partial charge in [0.05, 0.1) is 0 Å². The number of halogens is 8. The second-order valence-corrected chi connectivity index (χ2v) is 13.0. The Morgan fingerprint density at radius 1 is 0.667 bits per heavy atom. The van der Waals surface area contributed by atoms with Crippen LogP contribution in [0.5, 0.6) is 11.5 Å². The van der Waals surface area contributed by atoms with Crippen LogP contribution in [0.4, 0.5) is 35.1 Å². The predicted octanol–water partition coefficient (Wildman–Crippen LogP) is 8.81. The third-order valence-corrected chi connectivity index (χ3v) is 10.2. The molecule has 1 aliphatic rings. The maximum Gasteiger partial charge on any atom is 0.387 e. The van der Waals surface area contributed by atoms with Crippen LogP contribution in [-0.2, 0) is 4.08 Å². The van der Waals surface area contributed by atoms with Crippen LogP contribution < -0.4 is 9.47 Å². The second-order valence-electron chi connectivity index (χ2n) is 10.1. The minimum atomic E-state index is -3.06. The number of hydrogen-bond donors (Lipinski definition) is 2. The molecule has 256 valence electrons. The van der Waals surface area contributed by atoms with E-state index in [0.717, 1.165) is 30.7 Å². The van der Waals surface area contributed by atoms with E-state index in [4.69, 9.17) is 0 Å². The van der Waals surface area contributed by atoms with Crippen molar-refractivity contribution in [3.8, 4) is 11.5 Å². The highest BCUT2D eigenvalue weighted by atomic mass is 32.2. The monoisotopic (exact) mass is 718 g/mol. The van der Waals surface area contributed by atoms with Gasteiger partial charge in [-0.15, -0.1) is 23.5 Å². The molecule has 4 aromatic rings. The molecule has 1 saturated heterocycles. The SMILES string of the molecule is O=C(c1cc(F)cc(F)c1)C(O)c1cccc(OC(F)F)c1.OC(c1cccc(OC(F)F)c1)C1(c2cc(F)cc(F)c2)SCCCS1. The minimum absolute atomic E-state index is 0.0344. The van der Waals surface area contributed by atoms with Crippen molar-refractivity contribution < 1.29 is 59.6 Å². The van der Waals surface area contributed by atoms with E-state index in [1.54, 1.807) is 6.07 Å². The van der Waals surface area contributed by atoms with E-state index < -0.39 is 58.6 Å². The first-order valence-corrected chi connectivity index (χ1v) is 15.9. The number of ketones is 1. The lowest BCUT2D eigenvalue weighted by Gasteiger charge is -2.40. The molecule has 15 heteroatoms. The summed E-state index contributed by atoms with van der Waals surface area (Å²) in [5, 5.41) is 21.0. The van der Waals surface area contributed by atoms with Gasteiger partial charge in [-0.25, -0.2) is 17.6 Å². The van der Waals surface area contributed by atoms with Gasteiger partial charge in [-0.2, -0.15) is 17.6 Å². The summed E-state index contributed by atoms with van der Waals surface area (Å²) in [5.74, 6) is -3.28. The van der Waals surface area contributed by atoms with Crippen LogP contribution in [-0.4, -0.2) is 40.7 Å². The first-order valence-electron chi connectivity index (χ1n) is 14.0. The van der Waals surface area contributed by atoms with Crippen molar-refractivity contribution in [3.05, 3.63) is 130 Å². The first kappa shape index (κ1) is 37.0. The molecule has 0 amide bonds. The number of hydrogen-bond acceptors (Lipinski definition) is 7. The molecule has 1 fully saturated rings. The van der Waals surface area contributed by atoms with Crippen molar-refractivity contribution in [2.45, 2.75) is 35.9 Å². The first-order chi connectivity index (χ1) is 22.8. The van der Waals surface area contributed by atoms with Gasteiger partial charge in [0, 0.05) is 17.7 Å². The molecule has 0 radical (unpaired) electrons. The molecule has 0 spiro atoms. The lowest BCUT2D eigenvalue weighted by atomic mass is 9.99. The summed E-state index contributed by atoms with van der Waals surface area (Å²) in [7, 11) is 0. The second kappa shape index (κ2) is 16.5. The van der Waals surface area contributed by atoms with Gasteiger partial charge in [0.2, 0.25) is 0 Å². The Morgan fingerprint density at radius 3 is 1.62 bits per heavy atom. The normalized spacial score (nSPS) is 15.3. The van der Waals surface area contributed by atoms with Crippen molar-refractivity contribution in [1.29, 1.82) is 0 Å². The third kappa shape index (κ3) is 9.65. The fraction of sp³-hybridized carbons (Fsp3) is 0.242. The number of rotatable bonds is 10. The van der Waals surface area contributed by atoms with Gasteiger partial charge in [0.1, 0.15) is 51.1 Å². The van der Waals surface area contributed by atoms with E-state index in [2.05, 4.69) is 9.47 Å². The molecule has 4 aromatic carbocycles. The van der Waals surface area contributed by atoms with E-state index in [0.29, 0.717) is 28.7 Å². The topological polar surface area (TPSA) is 76.0 Å². The van der Waals surface area contributed by atoms with Crippen LogP contribution in [0.15, 0.2) is 84.9 Å². The highest BCUT2D eigenvalue weighted by Crippen LogP contribution is 2.57. The van der Waals surface area contributed by atoms with Gasteiger partial charge >= 0.3 is 13.2 Å². The highest BCUT2D eigenvalue weighted by Gasteiger charge is 2.44. The van der Waals surface area contributed by atoms with Crippen LogP contribution in [0.3, 0.4) is 0 Å². The molecule has 0 bridgehead atoms. The molecule has 2 atom stereocenters. The quantitative estimate of drug-likeness (QED) is 0.125. The molecule has 5 rings (SSSR count). The summed E-state index contributed by atoms with van der Waals surface area (Å²) >= 11 is 2.79. The maximum atomic E-state index is 13.8. The smallest absolute Gasteiger partial charge is 0.387 e.